The Kier molecular flexibility index (Phi) is 4.79. The van der Waals surface area contributed by atoms with Crippen molar-refractivity contribution in [2.45, 2.75) is 37.1 Å². The van der Waals surface area contributed by atoms with Crippen LogP contribution in [0.5, 0.6) is 0 Å². The van der Waals surface area contributed by atoms with Crippen LogP contribution < -0.4 is 0 Å². The van der Waals surface area contributed by atoms with Gasteiger partial charge in [0.15, 0.2) is 0 Å². The SMILES string of the molecule is CC(C)CCN1C2(CCN(C(=O)c3ccccc3)C2)c2ccccc2S1(=O)=O. The number of nitrogens with zero attached hydrogens (tertiary/aromatic N) is 2. The Morgan fingerprint density at radius 1 is 1.07 bits per heavy atom. The smallest absolute Gasteiger partial charge is 0.253 e. The van der Waals surface area contributed by atoms with Gasteiger partial charge < -0.3 is 4.90 Å². The van der Waals surface area contributed by atoms with E-state index in [1.807, 2.05) is 42.5 Å². The molecule has 6 heteroatoms. The number of sulfonamides is 1. The van der Waals surface area contributed by atoms with E-state index in [1.54, 1.807) is 21.3 Å². The molecule has 0 bridgehead atoms. The highest BCUT2D eigenvalue weighted by Crippen LogP contribution is 2.49. The first kappa shape index (κ1) is 19.2. The summed E-state index contributed by atoms with van der Waals surface area (Å²) in [4.78, 5) is 15.2. The molecule has 0 N–H and O–H groups in total. The van der Waals surface area contributed by atoms with E-state index in [2.05, 4.69) is 13.8 Å². The zero-order valence-electron chi connectivity index (χ0n) is 16.3. The molecule has 1 saturated heterocycles. The number of carbonyl (C=O) groups excluding carboxylic acids is 1. The molecule has 5 nitrogen and oxygen atoms in total. The van der Waals surface area contributed by atoms with E-state index in [9.17, 15) is 13.2 Å². The first-order valence-corrected chi connectivity index (χ1v) is 11.3. The Morgan fingerprint density at radius 3 is 2.46 bits per heavy atom. The summed E-state index contributed by atoms with van der Waals surface area (Å²) in [5.74, 6) is 0.363. The molecule has 148 valence electrons. The first-order valence-electron chi connectivity index (χ1n) is 9.83. The highest BCUT2D eigenvalue weighted by atomic mass is 32.2. The average Bonchev–Trinajstić information content (AvgIpc) is 3.20. The van der Waals surface area contributed by atoms with Crippen molar-refractivity contribution in [1.29, 1.82) is 0 Å². The minimum atomic E-state index is -3.55. The third-order valence-electron chi connectivity index (χ3n) is 5.90. The summed E-state index contributed by atoms with van der Waals surface area (Å²) in [5.41, 5.74) is 0.818. The van der Waals surface area contributed by atoms with Gasteiger partial charge in [-0.2, -0.15) is 4.31 Å². The molecule has 4 rings (SSSR count). The van der Waals surface area contributed by atoms with Crippen LogP contribution >= 0.6 is 0 Å². The van der Waals surface area contributed by atoms with Gasteiger partial charge in [-0.3, -0.25) is 4.79 Å². The van der Waals surface area contributed by atoms with Gasteiger partial charge in [0.05, 0.1) is 10.4 Å². The number of amides is 1. The molecule has 2 aliphatic rings. The molecule has 0 aliphatic carbocycles. The Morgan fingerprint density at radius 2 is 1.75 bits per heavy atom. The van der Waals surface area contributed by atoms with Crippen LogP contribution in [0.2, 0.25) is 0 Å². The van der Waals surface area contributed by atoms with Crippen LogP contribution in [0.1, 0.15) is 42.6 Å². The molecule has 2 aromatic carbocycles. The minimum Gasteiger partial charge on any atom is -0.336 e. The predicted octanol–water partition coefficient (Wildman–Crippen LogP) is 3.48. The summed E-state index contributed by atoms with van der Waals surface area (Å²) in [6.45, 7) is 5.62. The molecular weight excluding hydrogens is 372 g/mol. The molecule has 28 heavy (non-hydrogen) atoms. The molecule has 2 heterocycles. The standard InChI is InChI=1S/C22H26N2O3S/c1-17(2)12-14-24-22(19-10-6-7-11-20(19)28(24,26)27)13-15-23(16-22)21(25)18-8-4-3-5-9-18/h3-11,17H,12-16H2,1-2H3. The van der Waals surface area contributed by atoms with Crippen molar-refractivity contribution < 1.29 is 13.2 Å². The molecule has 1 fully saturated rings. The summed E-state index contributed by atoms with van der Waals surface area (Å²) in [7, 11) is -3.55. The van der Waals surface area contributed by atoms with E-state index in [4.69, 9.17) is 0 Å². The van der Waals surface area contributed by atoms with E-state index >= 15 is 0 Å². The number of hydrogen-bond acceptors (Lipinski definition) is 3. The predicted molar refractivity (Wildman–Crippen MR) is 108 cm³/mol. The lowest BCUT2D eigenvalue weighted by Gasteiger charge is -2.34. The fourth-order valence-electron chi connectivity index (χ4n) is 4.42. The van der Waals surface area contributed by atoms with E-state index in [0.29, 0.717) is 42.4 Å². The summed E-state index contributed by atoms with van der Waals surface area (Å²) in [5, 5.41) is 0. The van der Waals surface area contributed by atoms with Gasteiger partial charge in [0.25, 0.3) is 5.91 Å². The summed E-state index contributed by atoms with van der Waals surface area (Å²) >= 11 is 0. The maximum absolute atomic E-state index is 13.3. The molecule has 0 radical (unpaired) electrons. The summed E-state index contributed by atoms with van der Waals surface area (Å²) < 4.78 is 28.3. The summed E-state index contributed by atoms with van der Waals surface area (Å²) in [6, 6.07) is 16.5. The van der Waals surface area contributed by atoms with Crippen molar-refractivity contribution in [2.24, 2.45) is 5.92 Å². The molecule has 1 atom stereocenters. The van der Waals surface area contributed by atoms with Crippen LogP contribution in [0, 0.1) is 5.92 Å². The van der Waals surface area contributed by atoms with Crippen molar-refractivity contribution in [2.75, 3.05) is 19.6 Å². The van der Waals surface area contributed by atoms with Crippen molar-refractivity contribution in [1.82, 2.24) is 9.21 Å². The van der Waals surface area contributed by atoms with Gasteiger partial charge in [-0.05, 0) is 42.5 Å². The lowest BCUT2D eigenvalue weighted by Crippen LogP contribution is -2.47. The topological polar surface area (TPSA) is 57.7 Å². The van der Waals surface area contributed by atoms with Crippen molar-refractivity contribution >= 4 is 15.9 Å². The van der Waals surface area contributed by atoms with Crippen LogP contribution in [-0.2, 0) is 15.6 Å². The van der Waals surface area contributed by atoms with E-state index in [-0.39, 0.29) is 5.91 Å². The summed E-state index contributed by atoms with van der Waals surface area (Å²) in [6.07, 6.45) is 1.42. The number of fused-ring (bicyclic) bond motifs is 2. The van der Waals surface area contributed by atoms with Crippen LogP contribution in [0.4, 0.5) is 0 Å². The van der Waals surface area contributed by atoms with Gasteiger partial charge in [0.2, 0.25) is 10.0 Å². The van der Waals surface area contributed by atoms with Gasteiger partial charge in [-0.15, -0.1) is 0 Å². The average molecular weight is 399 g/mol. The van der Waals surface area contributed by atoms with Crippen LogP contribution in [-0.4, -0.2) is 43.2 Å². The van der Waals surface area contributed by atoms with Gasteiger partial charge in [0, 0.05) is 25.2 Å². The molecule has 2 aromatic rings. The Labute approximate surface area is 167 Å². The lowest BCUT2D eigenvalue weighted by atomic mass is 9.88. The Balaban J connectivity index is 1.72. The molecule has 0 saturated carbocycles. The van der Waals surface area contributed by atoms with E-state index in [0.717, 1.165) is 12.0 Å². The fraction of sp³-hybridized carbons (Fsp3) is 0.409. The largest absolute Gasteiger partial charge is 0.336 e. The molecule has 1 unspecified atom stereocenters. The second-order valence-corrected chi connectivity index (χ2v) is 9.96. The number of likely N-dealkylation sites (tertiary alicyclic amines) is 1. The highest BCUT2D eigenvalue weighted by Gasteiger charge is 2.57. The Bertz CT molecular complexity index is 988. The van der Waals surface area contributed by atoms with Crippen molar-refractivity contribution in [3.8, 4) is 0 Å². The third-order valence-corrected chi connectivity index (χ3v) is 7.92. The maximum Gasteiger partial charge on any atom is 0.253 e. The Hall–Kier alpha value is -2.18. The van der Waals surface area contributed by atoms with Crippen molar-refractivity contribution in [3.05, 3.63) is 65.7 Å². The molecular formula is C22H26N2O3S. The number of benzene rings is 2. The lowest BCUT2D eigenvalue weighted by molar-refractivity contribution is 0.0763. The van der Waals surface area contributed by atoms with E-state index in [1.165, 1.54) is 0 Å². The zero-order valence-corrected chi connectivity index (χ0v) is 17.2. The molecule has 1 spiro atoms. The van der Waals surface area contributed by atoms with Crippen LogP contribution in [0.15, 0.2) is 59.5 Å². The second kappa shape index (κ2) is 7.01. The minimum absolute atomic E-state index is 0.0388. The fourth-order valence-corrected chi connectivity index (χ4v) is 6.50. The van der Waals surface area contributed by atoms with Gasteiger partial charge >= 0.3 is 0 Å². The van der Waals surface area contributed by atoms with Gasteiger partial charge in [-0.25, -0.2) is 8.42 Å². The molecule has 1 amide bonds. The highest BCUT2D eigenvalue weighted by molar-refractivity contribution is 7.89. The van der Waals surface area contributed by atoms with Gasteiger partial charge in [0.1, 0.15) is 0 Å². The molecule has 2 aliphatic heterocycles. The first-order chi connectivity index (χ1) is 13.4. The maximum atomic E-state index is 13.3. The molecule has 0 aromatic heterocycles. The van der Waals surface area contributed by atoms with Crippen LogP contribution in [0.25, 0.3) is 0 Å². The number of rotatable bonds is 4. The number of hydrogen-bond donors (Lipinski definition) is 0. The second-order valence-electron chi connectivity index (χ2n) is 8.13. The van der Waals surface area contributed by atoms with E-state index < -0.39 is 15.6 Å². The van der Waals surface area contributed by atoms with Crippen LogP contribution in [0.3, 0.4) is 0 Å². The van der Waals surface area contributed by atoms with Gasteiger partial charge in [-0.1, -0.05) is 50.2 Å². The van der Waals surface area contributed by atoms with Crippen molar-refractivity contribution in [3.63, 3.8) is 0 Å². The third kappa shape index (κ3) is 2.95. The quantitative estimate of drug-likeness (QED) is 0.792. The number of carbonyl (C=O) groups is 1. The monoisotopic (exact) mass is 398 g/mol. The normalized spacial score (nSPS) is 23.5. The zero-order chi connectivity index (χ0) is 19.9.